The number of nitrogens with one attached hydrogen (secondary N) is 1. The van der Waals surface area contributed by atoms with Crippen LogP contribution in [0.3, 0.4) is 0 Å². The molecule has 0 aliphatic carbocycles. The third kappa shape index (κ3) is 5.59. The molecule has 0 bridgehead atoms. The van der Waals surface area contributed by atoms with Crippen LogP contribution in [-0.4, -0.2) is 30.3 Å². The molecule has 1 aromatic heterocycles. The molecule has 2 heterocycles. The molecule has 1 aliphatic rings. The summed E-state index contributed by atoms with van der Waals surface area (Å²) in [6, 6.07) is 4.82. The van der Waals surface area contributed by atoms with Crippen LogP contribution >= 0.6 is 0 Å². The summed E-state index contributed by atoms with van der Waals surface area (Å²) in [5, 5.41) is 3.62. The fourth-order valence-electron chi connectivity index (χ4n) is 2.99. The lowest BCUT2D eigenvalue weighted by Crippen LogP contribution is -2.29. The fraction of sp³-hybridized carbons (Fsp3) is 0.706. The van der Waals surface area contributed by atoms with Crippen molar-refractivity contribution in [3.63, 3.8) is 0 Å². The van der Waals surface area contributed by atoms with E-state index in [-0.39, 0.29) is 0 Å². The molecule has 112 valence electrons. The van der Waals surface area contributed by atoms with Crippen LogP contribution in [0.25, 0.3) is 0 Å². The van der Waals surface area contributed by atoms with Crippen LogP contribution in [0, 0.1) is 0 Å². The molecule has 3 heteroatoms. The van der Waals surface area contributed by atoms with Gasteiger partial charge >= 0.3 is 0 Å². The maximum absolute atomic E-state index is 5.70. The summed E-state index contributed by atoms with van der Waals surface area (Å²) in [6.45, 7) is 4.22. The van der Waals surface area contributed by atoms with Gasteiger partial charge in [-0.15, -0.1) is 0 Å². The van der Waals surface area contributed by atoms with Crippen LogP contribution in [-0.2, 0) is 11.2 Å². The molecular weight excluding hydrogens is 248 g/mol. The van der Waals surface area contributed by atoms with Gasteiger partial charge in [0.15, 0.2) is 0 Å². The first kappa shape index (κ1) is 15.5. The molecule has 1 fully saturated rings. The first-order valence-electron chi connectivity index (χ1n) is 8.12. The van der Waals surface area contributed by atoms with Crippen molar-refractivity contribution in [3.05, 3.63) is 30.1 Å². The highest BCUT2D eigenvalue weighted by molar-refractivity contribution is 5.08. The fourth-order valence-corrected chi connectivity index (χ4v) is 2.99. The van der Waals surface area contributed by atoms with Gasteiger partial charge in [-0.05, 0) is 63.1 Å². The van der Waals surface area contributed by atoms with Gasteiger partial charge in [-0.25, -0.2) is 0 Å². The monoisotopic (exact) mass is 276 g/mol. The lowest BCUT2D eigenvalue weighted by atomic mass is 10.00. The number of aromatic nitrogens is 1. The average molecular weight is 276 g/mol. The molecule has 2 atom stereocenters. The highest BCUT2D eigenvalue weighted by Crippen LogP contribution is 2.19. The predicted molar refractivity (Wildman–Crippen MR) is 82.8 cm³/mol. The molecule has 0 spiro atoms. The number of pyridine rings is 1. The molecule has 0 amide bonds. The summed E-state index contributed by atoms with van der Waals surface area (Å²) in [5.41, 5.74) is 1.34. The molecule has 0 saturated carbocycles. The van der Waals surface area contributed by atoms with Crippen molar-refractivity contribution in [2.75, 3.05) is 13.2 Å². The van der Waals surface area contributed by atoms with Gasteiger partial charge in [-0.1, -0.05) is 13.0 Å². The maximum Gasteiger partial charge on any atom is 0.0576 e. The van der Waals surface area contributed by atoms with Crippen molar-refractivity contribution in [2.45, 2.75) is 64.0 Å². The molecule has 0 radical (unpaired) electrons. The van der Waals surface area contributed by atoms with E-state index >= 15 is 0 Å². The predicted octanol–water partition coefficient (Wildman–Crippen LogP) is 3.34. The Bertz CT molecular complexity index is 349. The van der Waals surface area contributed by atoms with E-state index in [9.17, 15) is 0 Å². The molecule has 1 aliphatic heterocycles. The lowest BCUT2D eigenvalue weighted by Gasteiger charge is -2.18. The van der Waals surface area contributed by atoms with Gasteiger partial charge < -0.3 is 10.1 Å². The molecule has 1 N–H and O–H groups in total. The van der Waals surface area contributed by atoms with E-state index in [0.29, 0.717) is 12.1 Å². The van der Waals surface area contributed by atoms with E-state index in [1.807, 2.05) is 18.5 Å². The summed E-state index contributed by atoms with van der Waals surface area (Å²) in [7, 11) is 0. The molecular formula is C17H28N2O. The second-order valence-electron chi connectivity index (χ2n) is 5.72. The third-order valence-electron chi connectivity index (χ3n) is 4.10. The van der Waals surface area contributed by atoms with Gasteiger partial charge in [0.25, 0.3) is 0 Å². The smallest absolute Gasteiger partial charge is 0.0576 e. The van der Waals surface area contributed by atoms with Crippen LogP contribution in [0.1, 0.15) is 51.0 Å². The van der Waals surface area contributed by atoms with Gasteiger partial charge in [-0.3, -0.25) is 4.98 Å². The number of nitrogens with zero attached hydrogens (tertiary/aromatic N) is 1. The molecule has 1 aromatic rings. The van der Waals surface area contributed by atoms with Crippen molar-refractivity contribution in [3.8, 4) is 0 Å². The number of ether oxygens (including phenoxy) is 1. The zero-order valence-electron chi connectivity index (χ0n) is 12.7. The molecule has 3 nitrogen and oxygen atoms in total. The van der Waals surface area contributed by atoms with Crippen molar-refractivity contribution < 1.29 is 4.74 Å². The van der Waals surface area contributed by atoms with Crippen molar-refractivity contribution in [1.82, 2.24) is 10.3 Å². The molecule has 20 heavy (non-hydrogen) atoms. The highest BCUT2D eigenvalue weighted by Gasteiger charge is 2.16. The van der Waals surface area contributed by atoms with Crippen molar-refractivity contribution in [2.24, 2.45) is 0 Å². The Labute approximate surface area is 123 Å². The number of hydrogen-bond donors (Lipinski definition) is 1. The van der Waals surface area contributed by atoms with Gasteiger partial charge in [0.1, 0.15) is 0 Å². The second-order valence-corrected chi connectivity index (χ2v) is 5.72. The summed E-state index contributed by atoms with van der Waals surface area (Å²) in [5.74, 6) is 0. The van der Waals surface area contributed by atoms with Crippen LogP contribution in [0.4, 0.5) is 0 Å². The van der Waals surface area contributed by atoms with Gasteiger partial charge in [0, 0.05) is 25.0 Å². The quantitative estimate of drug-likeness (QED) is 0.751. The van der Waals surface area contributed by atoms with Crippen LogP contribution in [0.15, 0.2) is 24.5 Å². The number of aryl methyl sites for hydroxylation is 1. The topological polar surface area (TPSA) is 34.1 Å². The summed E-state index contributed by atoms with van der Waals surface area (Å²) >= 11 is 0. The zero-order valence-corrected chi connectivity index (χ0v) is 12.7. The SMILES string of the molecule is CCNC(CCCC1CCCO1)CCc1cccnc1. The summed E-state index contributed by atoms with van der Waals surface area (Å²) in [4.78, 5) is 4.19. The van der Waals surface area contributed by atoms with E-state index in [4.69, 9.17) is 4.74 Å². The van der Waals surface area contributed by atoms with Crippen molar-refractivity contribution >= 4 is 0 Å². The Hall–Kier alpha value is -0.930. The Morgan fingerprint density at radius 1 is 1.45 bits per heavy atom. The van der Waals surface area contributed by atoms with Crippen LogP contribution in [0.5, 0.6) is 0 Å². The molecule has 2 rings (SSSR count). The Morgan fingerprint density at radius 3 is 3.10 bits per heavy atom. The molecule has 0 aromatic carbocycles. The Kier molecular flexibility index (Phi) is 7.02. The molecule has 2 unspecified atom stereocenters. The highest BCUT2D eigenvalue weighted by atomic mass is 16.5. The summed E-state index contributed by atoms with van der Waals surface area (Å²) < 4.78 is 5.70. The van der Waals surface area contributed by atoms with Gasteiger partial charge in [0.05, 0.1) is 6.10 Å². The maximum atomic E-state index is 5.70. The van der Waals surface area contributed by atoms with Gasteiger partial charge in [0.2, 0.25) is 0 Å². The Morgan fingerprint density at radius 2 is 2.40 bits per heavy atom. The first-order chi connectivity index (χ1) is 9.88. The first-order valence-corrected chi connectivity index (χ1v) is 8.12. The van der Waals surface area contributed by atoms with Crippen LogP contribution < -0.4 is 5.32 Å². The molecule has 1 saturated heterocycles. The van der Waals surface area contributed by atoms with E-state index in [0.717, 1.165) is 19.6 Å². The van der Waals surface area contributed by atoms with E-state index in [2.05, 4.69) is 23.3 Å². The number of hydrogen-bond acceptors (Lipinski definition) is 3. The summed E-state index contributed by atoms with van der Waals surface area (Å²) in [6.07, 6.45) is 13.0. The minimum atomic E-state index is 0.538. The van der Waals surface area contributed by atoms with Crippen LogP contribution in [0.2, 0.25) is 0 Å². The Balaban J connectivity index is 1.66. The van der Waals surface area contributed by atoms with E-state index in [1.54, 1.807) is 0 Å². The minimum absolute atomic E-state index is 0.538. The standard InChI is InChI=1S/C17H28N2O/c1-2-19-16(7-3-8-17-9-5-13-20-17)11-10-15-6-4-12-18-14-15/h4,6,12,14,16-17,19H,2-3,5,7-11,13H2,1H3. The normalized spacial score (nSPS) is 20.1. The van der Waals surface area contributed by atoms with E-state index < -0.39 is 0 Å². The van der Waals surface area contributed by atoms with E-state index in [1.165, 1.54) is 44.1 Å². The lowest BCUT2D eigenvalue weighted by molar-refractivity contribution is 0.101. The largest absolute Gasteiger partial charge is 0.378 e. The number of rotatable bonds is 9. The third-order valence-corrected chi connectivity index (χ3v) is 4.10. The average Bonchev–Trinajstić information content (AvgIpc) is 2.99. The minimum Gasteiger partial charge on any atom is -0.378 e. The van der Waals surface area contributed by atoms with Gasteiger partial charge in [-0.2, -0.15) is 0 Å². The second kappa shape index (κ2) is 9.09. The van der Waals surface area contributed by atoms with Crippen molar-refractivity contribution in [1.29, 1.82) is 0 Å². The zero-order chi connectivity index (χ0) is 14.0.